The lowest BCUT2D eigenvalue weighted by molar-refractivity contribution is -0.135. The van der Waals surface area contributed by atoms with Gasteiger partial charge in [0.15, 0.2) is 5.60 Å². The first-order valence-electron chi connectivity index (χ1n) is 7.55. The highest BCUT2D eigenvalue weighted by molar-refractivity contribution is 9.10. The summed E-state index contributed by atoms with van der Waals surface area (Å²) in [5, 5.41) is 5.88. The number of nitrogens with one attached hydrogen (secondary N) is 2. The van der Waals surface area contributed by atoms with Gasteiger partial charge in [0, 0.05) is 9.50 Å². The van der Waals surface area contributed by atoms with Crippen molar-refractivity contribution in [2.45, 2.75) is 19.4 Å². The van der Waals surface area contributed by atoms with Crippen LogP contribution in [0.4, 0.5) is 5.69 Å². The van der Waals surface area contributed by atoms with Gasteiger partial charge in [-0.2, -0.15) is 0 Å². The van der Waals surface area contributed by atoms with Crippen LogP contribution in [0.25, 0.3) is 0 Å². The number of anilines is 1. The number of amides is 2. The van der Waals surface area contributed by atoms with Crippen LogP contribution < -0.4 is 15.4 Å². The van der Waals surface area contributed by atoms with Gasteiger partial charge in [-0.05, 0) is 66.2 Å². The molecule has 132 valence electrons. The minimum atomic E-state index is -1.14. The number of hydrogen-bond donors (Lipinski definition) is 2. The lowest BCUT2D eigenvalue weighted by atomic mass is 10.1. The molecule has 0 fully saturated rings. The number of halogens is 2. The minimum absolute atomic E-state index is 0.159. The van der Waals surface area contributed by atoms with Crippen molar-refractivity contribution < 1.29 is 14.3 Å². The summed E-state index contributed by atoms with van der Waals surface area (Å²) >= 11 is 9.17. The third kappa shape index (κ3) is 5.76. The highest BCUT2D eigenvalue weighted by atomic mass is 79.9. The molecule has 0 bridgehead atoms. The predicted molar refractivity (Wildman–Crippen MR) is 102 cm³/mol. The molecule has 0 radical (unpaired) electrons. The van der Waals surface area contributed by atoms with Gasteiger partial charge in [0.1, 0.15) is 5.75 Å². The number of hydrogen-bond acceptors (Lipinski definition) is 3. The highest BCUT2D eigenvalue weighted by Crippen LogP contribution is 2.22. The van der Waals surface area contributed by atoms with Crippen LogP contribution in [0.3, 0.4) is 0 Å². The first kappa shape index (κ1) is 19.3. The summed E-state index contributed by atoms with van der Waals surface area (Å²) in [6, 6.07) is 13.9. The van der Waals surface area contributed by atoms with Crippen LogP contribution >= 0.6 is 27.5 Å². The molecule has 0 spiro atoms. The van der Waals surface area contributed by atoms with Gasteiger partial charge in [-0.25, -0.2) is 0 Å². The van der Waals surface area contributed by atoms with E-state index in [4.69, 9.17) is 16.3 Å². The van der Waals surface area contributed by atoms with Crippen molar-refractivity contribution in [3.05, 3.63) is 58.0 Å². The molecule has 0 aliphatic heterocycles. The number of rotatable bonds is 6. The van der Waals surface area contributed by atoms with Gasteiger partial charge in [0.05, 0.1) is 12.2 Å². The van der Waals surface area contributed by atoms with E-state index in [-0.39, 0.29) is 12.5 Å². The lowest BCUT2D eigenvalue weighted by Crippen LogP contribution is -2.48. The largest absolute Gasteiger partial charge is 0.478 e. The molecule has 7 heteroatoms. The summed E-state index contributed by atoms with van der Waals surface area (Å²) in [5.74, 6) is -0.213. The first-order chi connectivity index (χ1) is 11.8. The molecule has 0 heterocycles. The van der Waals surface area contributed by atoms with Crippen LogP contribution in [-0.2, 0) is 9.59 Å². The van der Waals surface area contributed by atoms with Crippen molar-refractivity contribution in [2.24, 2.45) is 0 Å². The van der Waals surface area contributed by atoms with Crippen molar-refractivity contribution >= 4 is 45.0 Å². The Morgan fingerprint density at radius 3 is 2.40 bits per heavy atom. The van der Waals surface area contributed by atoms with E-state index in [1.165, 1.54) is 0 Å². The van der Waals surface area contributed by atoms with E-state index in [9.17, 15) is 9.59 Å². The van der Waals surface area contributed by atoms with E-state index in [2.05, 4.69) is 26.6 Å². The zero-order valence-electron chi connectivity index (χ0n) is 13.8. The van der Waals surface area contributed by atoms with Crippen molar-refractivity contribution in [3.63, 3.8) is 0 Å². The van der Waals surface area contributed by atoms with Crippen molar-refractivity contribution in [1.82, 2.24) is 5.32 Å². The van der Waals surface area contributed by atoms with E-state index in [0.717, 1.165) is 4.47 Å². The van der Waals surface area contributed by atoms with Crippen LogP contribution in [0, 0.1) is 0 Å². The number of benzene rings is 2. The van der Waals surface area contributed by atoms with E-state index >= 15 is 0 Å². The standard InChI is InChI=1S/C18H18BrClN2O3/c1-18(2,25-13-9-7-12(20)8-10-13)17(24)21-11-16(23)22-15-6-4-3-5-14(15)19/h3-10H,11H2,1-2H3,(H,21,24)(H,22,23). The maximum atomic E-state index is 12.3. The second-order valence-electron chi connectivity index (χ2n) is 5.78. The highest BCUT2D eigenvalue weighted by Gasteiger charge is 2.30. The molecule has 2 aromatic carbocycles. The maximum absolute atomic E-state index is 12.3. The molecule has 25 heavy (non-hydrogen) atoms. The quantitative estimate of drug-likeness (QED) is 0.735. The Labute approximate surface area is 159 Å². The zero-order valence-corrected chi connectivity index (χ0v) is 16.1. The number of para-hydroxylation sites is 1. The average Bonchev–Trinajstić information content (AvgIpc) is 2.56. The van der Waals surface area contributed by atoms with Crippen molar-refractivity contribution in [3.8, 4) is 5.75 Å². The summed E-state index contributed by atoms with van der Waals surface area (Å²) < 4.78 is 6.44. The molecule has 0 saturated heterocycles. The SMILES string of the molecule is CC(C)(Oc1ccc(Cl)cc1)C(=O)NCC(=O)Nc1ccccc1Br. The Morgan fingerprint density at radius 2 is 1.76 bits per heavy atom. The van der Waals surface area contributed by atoms with Gasteiger partial charge >= 0.3 is 0 Å². The third-order valence-corrected chi connectivity index (χ3v) is 4.23. The fourth-order valence-corrected chi connectivity index (χ4v) is 2.48. The molecular formula is C18H18BrClN2O3. The van der Waals surface area contributed by atoms with E-state index in [1.807, 2.05) is 18.2 Å². The summed E-state index contributed by atoms with van der Waals surface area (Å²) in [4.78, 5) is 24.3. The van der Waals surface area contributed by atoms with Crippen LogP contribution in [0.15, 0.2) is 53.0 Å². The zero-order chi connectivity index (χ0) is 18.4. The topological polar surface area (TPSA) is 67.4 Å². The van der Waals surface area contributed by atoms with Crippen LogP contribution in [0.2, 0.25) is 5.02 Å². The number of ether oxygens (including phenoxy) is 1. The molecule has 2 amide bonds. The third-order valence-electron chi connectivity index (χ3n) is 3.29. The summed E-state index contributed by atoms with van der Waals surface area (Å²) in [6.07, 6.45) is 0. The lowest BCUT2D eigenvalue weighted by Gasteiger charge is -2.25. The fourth-order valence-electron chi connectivity index (χ4n) is 1.97. The van der Waals surface area contributed by atoms with Crippen LogP contribution in [-0.4, -0.2) is 24.0 Å². The molecule has 0 aromatic heterocycles. The molecule has 0 unspecified atom stereocenters. The molecule has 0 atom stereocenters. The fraction of sp³-hybridized carbons (Fsp3) is 0.222. The average molecular weight is 426 g/mol. The second kappa shape index (κ2) is 8.36. The minimum Gasteiger partial charge on any atom is -0.478 e. The van der Waals surface area contributed by atoms with Crippen molar-refractivity contribution in [2.75, 3.05) is 11.9 Å². The van der Waals surface area contributed by atoms with Gasteiger partial charge in [-0.1, -0.05) is 23.7 Å². The molecule has 2 aromatic rings. The molecule has 2 N–H and O–H groups in total. The van der Waals surface area contributed by atoms with E-state index in [0.29, 0.717) is 16.5 Å². The van der Waals surface area contributed by atoms with Gasteiger partial charge in [-0.3, -0.25) is 9.59 Å². The molecule has 0 aliphatic rings. The molecule has 2 rings (SSSR count). The van der Waals surface area contributed by atoms with E-state index < -0.39 is 11.5 Å². The smallest absolute Gasteiger partial charge is 0.264 e. The van der Waals surface area contributed by atoms with Gasteiger partial charge in [0.2, 0.25) is 5.91 Å². The molecule has 0 aliphatic carbocycles. The second-order valence-corrected chi connectivity index (χ2v) is 7.07. The number of carbonyl (C=O) groups is 2. The Kier molecular flexibility index (Phi) is 6.45. The monoisotopic (exact) mass is 424 g/mol. The van der Waals surface area contributed by atoms with Gasteiger partial charge < -0.3 is 15.4 Å². The van der Waals surface area contributed by atoms with Gasteiger partial charge in [0.25, 0.3) is 5.91 Å². The van der Waals surface area contributed by atoms with Gasteiger partial charge in [-0.15, -0.1) is 0 Å². The predicted octanol–water partition coefficient (Wildman–Crippen LogP) is 4.01. The first-order valence-corrected chi connectivity index (χ1v) is 8.72. The van der Waals surface area contributed by atoms with Crippen LogP contribution in [0.1, 0.15) is 13.8 Å². The number of carbonyl (C=O) groups excluding carboxylic acids is 2. The Bertz CT molecular complexity index is 763. The molecule has 5 nitrogen and oxygen atoms in total. The Hall–Kier alpha value is -2.05. The summed E-state index contributed by atoms with van der Waals surface area (Å²) in [6.45, 7) is 3.10. The normalized spacial score (nSPS) is 10.9. The Morgan fingerprint density at radius 1 is 1.12 bits per heavy atom. The maximum Gasteiger partial charge on any atom is 0.264 e. The van der Waals surface area contributed by atoms with E-state index in [1.54, 1.807) is 44.2 Å². The molecule has 0 saturated carbocycles. The molecular weight excluding hydrogens is 408 g/mol. The Balaban J connectivity index is 1.88. The van der Waals surface area contributed by atoms with Crippen molar-refractivity contribution in [1.29, 1.82) is 0 Å². The summed E-state index contributed by atoms with van der Waals surface area (Å²) in [7, 11) is 0. The summed E-state index contributed by atoms with van der Waals surface area (Å²) in [5.41, 5.74) is -0.500. The van der Waals surface area contributed by atoms with Crippen LogP contribution in [0.5, 0.6) is 5.75 Å².